The number of carboxylic acids is 1. The van der Waals surface area contributed by atoms with Gasteiger partial charge in [0.1, 0.15) is 11.7 Å². The van der Waals surface area contributed by atoms with Crippen LogP contribution in [0.3, 0.4) is 0 Å². The number of nitrogens with zero attached hydrogens (tertiary/aromatic N) is 3. The molecule has 1 saturated heterocycles. The number of carbonyl (C=O) groups is 4. The van der Waals surface area contributed by atoms with Crippen molar-refractivity contribution < 1.29 is 46.8 Å². The first-order chi connectivity index (χ1) is 14.2. The zero-order valence-corrected chi connectivity index (χ0v) is 17.8. The number of amides is 2. The fourth-order valence-corrected chi connectivity index (χ4v) is 3.61. The fourth-order valence-electron chi connectivity index (χ4n) is 2.22. The van der Waals surface area contributed by atoms with Crippen molar-refractivity contribution in [2.24, 2.45) is 5.16 Å². The van der Waals surface area contributed by atoms with Crippen molar-refractivity contribution in [1.29, 1.82) is 0 Å². The topological polar surface area (TPSA) is 228 Å². The van der Waals surface area contributed by atoms with E-state index in [1.165, 1.54) is 5.38 Å². The van der Waals surface area contributed by atoms with E-state index in [4.69, 9.17) is 20.2 Å². The summed E-state index contributed by atoms with van der Waals surface area (Å²) >= 11 is 0.914. The van der Waals surface area contributed by atoms with Crippen molar-refractivity contribution in [3.05, 3.63) is 11.1 Å². The Morgan fingerprint density at radius 2 is 1.91 bits per heavy atom. The third-order valence-electron chi connectivity index (χ3n) is 3.89. The third kappa shape index (κ3) is 7.09. The van der Waals surface area contributed by atoms with Crippen LogP contribution in [0.1, 0.15) is 19.5 Å². The quantitative estimate of drug-likeness (QED) is 0.0650. The van der Waals surface area contributed by atoms with Crippen LogP contribution in [-0.4, -0.2) is 141 Å². The summed E-state index contributed by atoms with van der Waals surface area (Å²) in [6.07, 6.45) is 0. The van der Waals surface area contributed by atoms with Crippen LogP contribution in [-0.2, 0) is 39.1 Å². The second-order valence-corrected chi connectivity index (χ2v) is 8.63. The van der Waals surface area contributed by atoms with Crippen molar-refractivity contribution in [3.63, 3.8) is 0 Å². The van der Waals surface area contributed by atoms with Gasteiger partial charge < -0.3 is 25.7 Å². The standard InChI is InChI=1S/C14H17N5O10S2.2Na.2H/c1-14(2,12(23)24)29-18-6(5-4-30-13(15)16-5)9(20)17-7-8(11(22)28-3)19(10(7)21)31(25,26)27;;;;/h4,7-8H,1-3H3,(H2,15,16)(H,17,20)(H,23,24)(H,25,26,27);;;;/b18-6+;;;;/t7-,8-;;;;/m1..../s1. The second kappa shape index (κ2) is 11.9. The van der Waals surface area contributed by atoms with E-state index in [0.717, 1.165) is 32.3 Å². The minimum absolute atomic E-state index is 0. The number of esters is 1. The molecule has 2 heterocycles. The van der Waals surface area contributed by atoms with Crippen molar-refractivity contribution >= 4 is 115 Å². The predicted octanol–water partition coefficient (Wildman–Crippen LogP) is -3.32. The maximum absolute atomic E-state index is 12.7. The molecule has 2 rings (SSSR count). The molecule has 5 N–H and O–H groups in total. The van der Waals surface area contributed by atoms with Gasteiger partial charge in [0.05, 0.1) is 7.11 Å². The van der Waals surface area contributed by atoms with E-state index in [-0.39, 0.29) is 74.2 Å². The fraction of sp³-hybridized carbons (Fsp3) is 0.429. The molecule has 0 spiro atoms. The average molecular weight is 527 g/mol. The summed E-state index contributed by atoms with van der Waals surface area (Å²) in [5.41, 5.74) is 2.92. The minimum atomic E-state index is -5.11. The Morgan fingerprint density at radius 1 is 1.33 bits per heavy atom. The van der Waals surface area contributed by atoms with Gasteiger partial charge in [0.25, 0.3) is 11.8 Å². The molecular formula is C14H19N5Na2O10S2. The number of aromatic nitrogens is 1. The molecule has 0 unspecified atom stereocenters. The van der Waals surface area contributed by atoms with Gasteiger partial charge in [0.15, 0.2) is 16.9 Å². The second-order valence-electron chi connectivity index (χ2n) is 6.45. The van der Waals surface area contributed by atoms with Gasteiger partial charge >= 0.3 is 81.4 Å². The average Bonchev–Trinajstić information content (AvgIpc) is 3.07. The van der Waals surface area contributed by atoms with Crippen molar-refractivity contribution in [1.82, 2.24) is 14.6 Å². The zero-order valence-electron chi connectivity index (χ0n) is 16.1. The summed E-state index contributed by atoms with van der Waals surface area (Å²) in [7, 11) is -4.21. The Bertz CT molecular complexity index is 1070. The summed E-state index contributed by atoms with van der Waals surface area (Å²) in [6, 6.07) is -3.62. The molecule has 0 radical (unpaired) electrons. The van der Waals surface area contributed by atoms with Crippen LogP contribution < -0.4 is 11.1 Å². The predicted molar refractivity (Wildman–Crippen MR) is 116 cm³/mol. The Balaban J connectivity index is 0.00000512. The Morgan fingerprint density at radius 3 is 2.33 bits per heavy atom. The van der Waals surface area contributed by atoms with Crippen LogP contribution in [0.4, 0.5) is 5.13 Å². The van der Waals surface area contributed by atoms with E-state index >= 15 is 0 Å². The molecule has 0 aromatic carbocycles. The number of hydrogen-bond donors (Lipinski definition) is 4. The number of ether oxygens (including phenoxy) is 1. The number of thiazole rings is 1. The van der Waals surface area contributed by atoms with Gasteiger partial charge in [-0.15, -0.1) is 11.3 Å². The molecule has 2 amide bonds. The van der Waals surface area contributed by atoms with Crippen LogP contribution in [0.2, 0.25) is 0 Å². The van der Waals surface area contributed by atoms with E-state index in [9.17, 15) is 27.6 Å². The number of anilines is 1. The summed E-state index contributed by atoms with van der Waals surface area (Å²) in [6.45, 7) is 2.30. The van der Waals surface area contributed by atoms with E-state index in [1.807, 2.05) is 0 Å². The monoisotopic (exact) mass is 527 g/mol. The van der Waals surface area contributed by atoms with Gasteiger partial charge in [-0.05, 0) is 13.8 Å². The summed E-state index contributed by atoms with van der Waals surface area (Å²) in [5.74, 6) is -5.14. The van der Waals surface area contributed by atoms with E-state index in [1.54, 1.807) is 0 Å². The van der Waals surface area contributed by atoms with E-state index < -0.39 is 57.5 Å². The van der Waals surface area contributed by atoms with Crippen LogP contribution in [0, 0.1) is 0 Å². The molecule has 1 aromatic heterocycles. The molecule has 0 bridgehead atoms. The molecule has 0 aliphatic carbocycles. The zero-order chi connectivity index (χ0) is 23.7. The Hall–Kier alpha value is -1.31. The number of methoxy groups -OCH3 is 1. The van der Waals surface area contributed by atoms with Gasteiger partial charge in [-0.2, -0.15) is 12.7 Å². The Kier molecular flexibility index (Phi) is 11.4. The third-order valence-corrected chi connectivity index (χ3v) is 5.47. The number of nitrogen functional groups attached to an aromatic ring is 1. The van der Waals surface area contributed by atoms with Crippen molar-refractivity contribution in [2.45, 2.75) is 31.5 Å². The summed E-state index contributed by atoms with van der Waals surface area (Å²) in [4.78, 5) is 56.6. The van der Waals surface area contributed by atoms with Crippen LogP contribution in [0.15, 0.2) is 10.5 Å². The number of nitrogens with one attached hydrogen (secondary N) is 1. The Labute approximate surface area is 235 Å². The molecule has 1 fully saturated rings. The molecular weight excluding hydrogens is 508 g/mol. The summed E-state index contributed by atoms with van der Waals surface area (Å²) < 4.78 is 36.0. The van der Waals surface area contributed by atoms with Crippen LogP contribution in [0.25, 0.3) is 0 Å². The number of oxime groups is 1. The van der Waals surface area contributed by atoms with Crippen molar-refractivity contribution in [3.8, 4) is 0 Å². The van der Waals surface area contributed by atoms with Gasteiger partial charge in [-0.25, -0.2) is 14.6 Å². The first-order valence-electron chi connectivity index (χ1n) is 8.11. The van der Waals surface area contributed by atoms with Gasteiger partial charge in [-0.1, -0.05) is 5.16 Å². The number of nitrogens with two attached hydrogens (primary N) is 1. The van der Waals surface area contributed by atoms with E-state index in [2.05, 4.69) is 20.2 Å². The van der Waals surface area contributed by atoms with Gasteiger partial charge in [-0.3, -0.25) is 14.1 Å². The van der Waals surface area contributed by atoms with Gasteiger partial charge in [0, 0.05) is 5.38 Å². The van der Waals surface area contributed by atoms with Crippen LogP contribution >= 0.6 is 11.3 Å². The van der Waals surface area contributed by atoms with E-state index in [0.29, 0.717) is 0 Å². The molecule has 1 aliphatic rings. The molecule has 19 heteroatoms. The van der Waals surface area contributed by atoms with Crippen molar-refractivity contribution in [2.75, 3.05) is 12.8 Å². The number of carboxylic acid groups (broad SMARTS) is 1. The molecule has 1 aromatic rings. The SMILES string of the molecule is COC(=O)[C@H]1[C@@H](NC(=O)/C(=N/OC(C)(C)C(=O)O)c2csc(N)n2)C(=O)N1S(=O)(=O)O.[NaH].[NaH]. The first-order valence-corrected chi connectivity index (χ1v) is 10.4. The normalized spacial score (nSPS) is 18.2. The molecule has 0 saturated carbocycles. The number of carbonyl (C=O) groups excluding carboxylic acids is 3. The number of hydrogen-bond acceptors (Lipinski definition) is 12. The maximum atomic E-state index is 12.7. The molecule has 15 nitrogen and oxygen atoms in total. The molecule has 174 valence electrons. The summed E-state index contributed by atoms with van der Waals surface area (Å²) in [5, 5.41) is 16.0. The molecule has 1 aliphatic heterocycles. The van der Waals surface area contributed by atoms with Crippen LogP contribution in [0.5, 0.6) is 0 Å². The first kappa shape index (κ1) is 31.7. The number of β-lactam (4-membered cyclic amide) rings is 1. The molecule has 2 atom stereocenters. The number of aliphatic carboxylic acids is 1. The molecule has 33 heavy (non-hydrogen) atoms. The van der Waals surface area contributed by atoms with Gasteiger partial charge in [0.2, 0.25) is 5.60 Å². The number of rotatable bonds is 8.